The molecule has 1 aliphatic carbocycles. The number of pyridine rings is 1. The van der Waals surface area contributed by atoms with Gasteiger partial charge in [0.15, 0.2) is 0 Å². The van der Waals surface area contributed by atoms with Crippen molar-refractivity contribution >= 4 is 17.2 Å². The van der Waals surface area contributed by atoms with Crippen molar-refractivity contribution in [1.29, 1.82) is 0 Å². The number of halogens is 1. The molecule has 35 heavy (non-hydrogen) atoms. The molecule has 0 atom stereocenters. The molecule has 1 saturated heterocycles. The lowest BCUT2D eigenvalue weighted by molar-refractivity contribution is -0.0254. The largest absolute Gasteiger partial charge is 0.493 e. The van der Waals surface area contributed by atoms with Crippen molar-refractivity contribution in [1.82, 2.24) is 9.88 Å². The third-order valence-electron chi connectivity index (χ3n) is 7.16. The minimum absolute atomic E-state index is 0.700. The van der Waals surface area contributed by atoms with Gasteiger partial charge in [-0.05, 0) is 85.1 Å². The fourth-order valence-electron chi connectivity index (χ4n) is 4.76. The Morgan fingerprint density at radius 1 is 1.06 bits per heavy atom. The first-order valence-corrected chi connectivity index (χ1v) is 13.0. The molecule has 0 radical (unpaired) electrons. The lowest BCUT2D eigenvalue weighted by atomic mass is 9.84. The van der Waals surface area contributed by atoms with Gasteiger partial charge in [0, 0.05) is 42.6 Å². The molecule has 5 heteroatoms. The summed E-state index contributed by atoms with van der Waals surface area (Å²) >= 11 is 6.02. The Kier molecular flexibility index (Phi) is 7.52. The summed E-state index contributed by atoms with van der Waals surface area (Å²) in [6.45, 7) is 3.52. The topological polar surface area (TPSA) is 45.6 Å². The van der Waals surface area contributed by atoms with Crippen LogP contribution in [0.25, 0.3) is 5.57 Å². The van der Waals surface area contributed by atoms with Crippen LogP contribution >= 0.6 is 11.6 Å². The average Bonchev–Trinajstić information content (AvgIpc) is 3.72. The van der Waals surface area contributed by atoms with Crippen LogP contribution in [0.4, 0.5) is 0 Å². The van der Waals surface area contributed by atoms with Crippen LogP contribution in [0.3, 0.4) is 0 Å². The van der Waals surface area contributed by atoms with E-state index in [1.807, 2.05) is 48.8 Å². The average molecular weight is 489 g/mol. The van der Waals surface area contributed by atoms with Crippen molar-refractivity contribution < 1.29 is 9.84 Å². The molecule has 0 bridgehead atoms. The highest BCUT2D eigenvalue weighted by atomic mass is 35.5. The standard InChI is InChI=1S/C30H33ClN2O2/c31-27-12-10-26(11-13-27)30(34)14-18-33(19-15-30)17-3-7-29(25-5-2-16-32-21-25)24-4-1-6-28(20-24)35-22-23-8-9-23/h1-2,4-7,10-13,16,20-21,23,34H,3,8-9,14-15,17-19,22H2/b29-7+. The number of hydrogen-bond donors (Lipinski definition) is 1. The first-order valence-electron chi connectivity index (χ1n) is 12.6. The second kappa shape index (κ2) is 10.9. The molecule has 1 saturated carbocycles. The molecule has 1 aliphatic heterocycles. The summed E-state index contributed by atoms with van der Waals surface area (Å²) in [4.78, 5) is 6.79. The third kappa shape index (κ3) is 6.32. The van der Waals surface area contributed by atoms with E-state index >= 15 is 0 Å². The van der Waals surface area contributed by atoms with Crippen molar-refractivity contribution in [3.63, 3.8) is 0 Å². The van der Waals surface area contributed by atoms with Crippen LogP contribution in [0, 0.1) is 5.92 Å². The van der Waals surface area contributed by atoms with Gasteiger partial charge in [-0.2, -0.15) is 0 Å². The SMILES string of the molecule is OC1(c2ccc(Cl)cc2)CCN(CC/C=C(/c2cccnc2)c2cccc(OCC3CC3)c2)CC1. The molecule has 1 aromatic heterocycles. The Morgan fingerprint density at radius 2 is 1.83 bits per heavy atom. The second-order valence-electron chi connectivity index (χ2n) is 9.81. The van der Waals surface area contributed by atoms with Gasteiger partial charge in [0.05, 0.1) is 12.2 Å². The van der Waals surface area contributed by atoms with Crippen LogP contribution in [0.15, 0.2) is 79.1 Å². The van der Waals surface area contributed by atoms with E-state index in [0.717, 1.165) is 73.9 Å². The minimum atomic E-state index is -0.765. The number of aromatic nitrogens is 1. The summed E-state index contributed by atoms with van der Waals surface area (Å²) in [5.74, 6) is 1.66. The van der Waals surface area contributed by atoms with Gasteiger partial charge in [0.2, 0.25) is 0 Å². The Morgan fingerprint density at radius 3 is 2.54 bits per heavy atom. The van der Waals surface area contributed by atoms with Crippen molar-refractivity contribution in [2.75, 3.05) is 26.2 Å². The van der Waals surface area contributed by atoms with Crippen molar-refractivity contribution in [3.05, 3.63) is 101 Å². The lowest BCUT2D eigenvalue weighted by Crippen LogP contribution is -2.42. The summed E-state index contributed by atoms with van der Waals surface area (Å²) in [5, 5.41) is 11.9. The summed E-state index contributed by atoms with van der Waals surface area (Å²) in [6, 6.07) is 20.1. The van der Waals surface area contributed by atoms with Gasteiger partial charge >= 0.3 is 0 Å². The number of likely N-dealkylation sites (tertiary alicyclic amines) is 1. The van der Waals surface area contributed by atoms with Gasteiger partial charge in [-0.25, -0.2) is 0 Å². The predicted molar refractivity (Wildman–Crippen MR) is 142 cm³/mol. The van der Waals surface area contributed by atoms with Gasteiger partial charge in [0.1, 0.15) is 5.75 Å². The van der Waals surface area contributed by atoms with Crippen LogP contribution in [-0.4, -0.2) is 41.2 Å². The molecule has 0 amide bonds. The Labute approximate surface area is 213 Å². The summed E-state index contributed by atoms with van der Waals surface area (Å²) in [7, 11) is 0. The Bertz CT molecular complexity index is 1130. The third-order valence-corrected chi connectivity index (χ3v) is 7.41. The van der Waals surface area contributed by atoms with Crippen molar-refractivity contribution in [3.8, 4) is 5.75 Å². The molecule has 2 fully saturated rings. The molecule has 2 heterocycles. The number of benzene rings is 2. The first-order chi connectivity index (χ1) is 17.1. The molecular formula is C30H33ClN2O2. The molecule has 1 N–H and O–H groups in total. The highest BCUT2D eigenvalue weighted by Gasteiger charge is 2.33. The molecular weight excluding hydrogens is 456 g/mol. The fourth-order valence-corrected chi connectivity index (χ4v) is 4.89. The first kappa shape index (κ1) is 24.1. The zero-order valence-corrected chi connectivity index (χ0v) is 20.8. The molecule has 182 valence electrons. The molecule has 0 spiro atoms. The Balaban J connectivity index is 1.24. The predicted octanol–water partition coefficient (Wildman–Crippen LogP) is 6.33. The molecule has 0 unspecified atom stereocenters. The molecule has 2 aromatic carbocycles. The number of nitrogens with zero attached hydrogens (tertiary/aromatic N) is 2. The monoisotopic (exact) mass is 488 g/mol. The molecule has 2 aliphatic rings. The van der Waals surface area contributed by atoms with Crippen LogP contribution in [0.5, 0.6) is 5.75 Å². The highest BCUT2D eigenvalue weighted by molar-refractivity contribution is 6.30. The van der Waals surface area contributed by atoms with Gasteiger partial charge in [-0.1, -0.05) is 48.0 Å². The van der Waals surface area contributed by atoms with E-state index in [2.05, 4.69) is 40.2 Å². The summed E-state index contributed by atoms with van der Waals surface area (Å²) < 4.78 is 6.04. The highest BCUT2D eigenvalue weighted by Crippen LogP contribution is 2.34. The Hall–Kier alpha value is -2.66. The fraction of sp³-hybridized carbons (Fsp3) is 0.367. The van der Waals surface area contributed by atoms with E-state index in [1.165, 1.54) is 18.4 Å². The van der Waals surface area contributed by atoms with Crippen LogP contribution in [0.2, 0.25) is 5.02 Å². The van der Waals surface area contributed by atoms with Crippen molar-refractivity contribution in [2.24, 2.45) is 5.92 Å². The number of aliphatic hydroxyl groups is 1. The maximum atomic E-state index is 11.2. The molecule has 5 rings (SSSR count). The summed E-state index contributed by atoms with van der Waals surface area (Å²) in [5.41, 5.74) is 3.65. The summed E-state index contributed by atoms with van der Waals surface area (Å²) in [6.07, 6.45) is 11.0. The van der Waals surface area contributed by atoms with E-state index in [0.29, 0.717) is 5.02 Å². The minimum Gasteiger partial charge on any atom is -0.493 e. The quantitative estimate of drug-likeness (QED) is 0.382. The normalized spacial score (nSPS) is 18.4. The van der Waals surface area contributed by atoms with E-state index in [-0.39, 0.29) is 0 Å². The zero-order valence-electron chi connectivity index (χ0n) is 20.1. The van der Waals surface area contributed by atoms with E-state index in [9.17, 15) is 5.11 Å². The smallest absolute Gasteiger partial charge is 0.119 e. The van der Waals surface area contributed by atoms with E-state index in [1.54, 1.807) is 0 Å². The number of rotatable bonds is 9. The number of ether oxygens (including phenoxy) is 1. The lowest BCUT2D eigenvalue weighted by Gasteiger charge is -2.38. The van der Waals surface area contributed by atoms with E-state index < -0.39 is 5.60 Å². The van der Waals surface area contributed by atoms with E-state index in [4.69, 9.17) is 16.3 Å². The van der Waals surface area contributed by atoms with Crippen LogP contribution < -0.4 is 4.74 Å². The van der Waals surface area contributed by atoms with Crippen LogP contribution in [0.1, 0.15) is 48.8 Å². The van der Waals surface area contributed by atoms with Gasteiger partial charge in [0.25, 0.3) is 0 Å². The maximum Gasteiger partial charge on any atom is 0.119 e. The van der Waals surface area contributed by atoms with Gasteiger partial charge < -0.3 is 14.7 Å². The van der Waals surface area contributed by atoms with Gasteiger partial charge in [-0.15, -0.1) is 0 Å². The second-order valence-corrected chi connectivity index (χ2v) is 10.2. The molecule has 3 aromatic rings. The van der Waals surface area contributed by atoms with Gasteiger partial charge in [-0.3, -0.25) is 4.98 Å². The molecule has 4 nitrogen and oxygen atoms in total. The zero-order chi connectivity index (χ0) is 24.1. The maximum absolute atomic E-state index is 11.2. The number of hydrogen-bond acceptors (Lipinski definition) is 4. The number of piperidine rings is 1. The van der Waals surface area contributed by atoms with Crippen molar-refractivity contribution in [2.45, 2.75) is 37.7 Å². The van der Waals surface area contributed by atoms with Crippen LogP contribution in [-0.2, 0) is 5.60 Å².